The number of likely N-dealkylation sites (N-methyl/N-ethyl adjacent to an activating group) is 1. The van der Waals surface area contributed by atoms with Gasteiger partial charge in [0, 0.05) is 13.6 Å². The zero-order chi connectivity index (χ0) is 12.0. The van der Waals surface area contributed by atoms with Gasteiger partial charge in [-0.15, -0.1) is 0 Å². The van der Waals surface area contributed by atoms with Crippen LogP contribution in [0.5, 0.6) is 0 Å². The van der Waals surface area contributed by atoms with Crippen LogP contribution in [0.2, 0.25) is 0 Å². The van der Waals surface area contributed by atoms with Gasteiger partial charge in [-0.25, -0.2) is 0 Å². The number of hydrogen-bond acceptors (Lipinski definition) is 3. The number of aliphatic hydroxyl groups is 1. The molecule has 0 aromatic heterocycles. The molecule has 0 aliphatic heterocycles. The summed E-state index contributed by atoms with van der Waals surface area (Å²) in [6.45, 7) is 3.78. The molecule has 0 unspecified atom stereocenters. The number of nitrogens with one attached hydrogen (secondary N) is 1. The first-order valence-corrected chi connectivity index (χ1v) is 6.24. The fourth-order valence-corrected chi connectivity index (χ4v) is 2.23. The summed E-state index contributed by atoms with van der Waals surface area (Å²) in [7, 11) is 1.77. The van der Waals surface area contributed by atoms with Gasteiger partial charge >= 0.3 is 0 Å². The molecule has 0 spiro atoms. The minimum absolute atomic E-state index is 0.0637. The molecule has 1 fully saturated rings. The molecule has 94 valence electrons. The summed E-state index contributed by atoms with van der Waals surface area (Å²) in [4.78, 5) is 13.3. The zero-order valence-corrected chi connectivity index (χ0v) is 10.5. The molecule has 0 radical (unpaired) electrons. The summed E-state index contributed by atoms with van der Waals surface area (Å²) < 4.78 is 0. The van der Waals surface area contributed by atoms with Gasteiger partial charge in [0.05, 0.1) is 12.1 Å². The predicted molar refractivity (Wildman–Crippen MR) is 64.2 cm³/mol. The third-order valence-corrected chi connectivity index (χ3v) is 3.19. The maximum atomic E-state index is 11.7. The molecule has 2 N–H and O–H groups in total. The number of amides is 1. The normalized spacial score (nSPS) is 18.7. The van der Waals surface area contributed by atoms with E-state index in [4.69, 9.17) is 0 Å². The zero-order valence-electron chi connectivity index (χ0n) is 10.5. The highest BCUT2D eigenvalue weighted by Crippen LogP contribution is 2.29. The lowest BCUT2D eigenvalue weighted by Gasteiger charge is -2.28. The molecule has 1 aliphatic carbocycles. The van der Waals surface area contributed by atoms with Crippen LogP contribution in [0.15, 0.2) is 0 Å². The predicted octanol–water partition coefficient (Wildman–Crippen LogP) is 0.749. The van der Waals surface area contributed by atoms with E-state index >= 15 is 0 Å². The molecule has 1 aliphatic rings. The molecule has 0 aromatic rings. The number of carbonyl (C=O) groups excluding carboxylic acids is 1. The van der Waals surface area contributed by atoms with Gasteiger partial charge in [0.2, 0.25) is 5.91 Å². The van der Waals surface area contributed by atoms with E-state index in [0.717, 1.165) is 38.6 Å². The minimum atomic E-state index is -0.630. The molecule has 1 saturated carbocycles. The highest BCUT2D eigenvalue weighted by atomic mass is 16.3. The van der Waals surface area contributed by atoms with E-state index in [-0.39, 0.29) is 5.91 Å². The Bertz CT molecular complexity index is 225. The van der Waals surface area contributed by atoms with Gasteiger partial charge < -0.3 is 15.3 Å². The van der Waals surface area contributed by atoms with Gasteiger partial charge in [-0.3, -0.25) is 4.79 Å². The van der Waals surface area contributed by atoms with Gasteiger partial charge in [-0.2, -0.15) is 0 Å². The molecular weight excluding hydrogens is 204 g/mol. The van der Waals surface area contributed by atoms with Crippen molar-refractivity contribution in [2.24, 2.45) is 0 Å². The highest BCUT2D eigenvalue weighted by molar-refractivity contribution is 5.78. The van der Waals surface area contributed by atoms with Crippen molar-refractivity contribution in [3.63, 3.8) is 0 Å². The summed E-state index contributed by atoms with van der Waals surface area (Å²) in [6, 6.07) is 0. The van der Waals surface area contributed by atoms with Crippen molar-refractivity contribution in [1.82, 2.24) is 10.2 Å². The number of nitrogens with zero attached hydrogens (tertiary/aromatic N) is 1. The van der Waals surface area contributed by atoms with E-state index < -0.39 is 5.60 Å². The Morgan fingerprint density at radius 2 is 2.06 bits per heavy atom. The molecule has 16 heavy (non-hydrogen) atoms. The Labute approximate surface area is 98.0 Å². The summed E-state index contributed by atoms with van der Waals surface area (Å²) in [6.07, 6.45) is 4.83. The second kappa shape index (κ2) is 6.21. The molecule has 0 saturated heterocycles. The summed E-state index contributed by atoms with van der Waals surface area (Å²) in [5, 5.41) is 13.2. The monoisotopic (exact) mass is 228 g/mol. The topological polar surface area (TPSA) is 52.6 Å². The van der Waals surface area contributed by atoms with Crippen LogP contribution < -0.4 is 5.32 Å². The van der Waals surface area contributed by atoms with Crippen LogP contribution >= 0.6 is 0 Å². The first kappa shape index (κ1) is 13.5. The van der Waals surface area contributed by atoms with Crippen molar-refractivity contribution in [2.75, 3.05) is 26.7 Å². The SMILES string of the molecule is CCCNCC(=O)N(C)CC1(O)CCCC1. The van der Waals surface area contributed by atoms with Gasteiger partial charge in [-0.05, 0) is 25.8 Å². The smallest absolute Gasteiger partial charge is 0.236 e. The Morgan fingerprint density at radius 3 is 2.62 bits per heavy atom. The van der Waals surface area contributed by atoms with Crippen molar-refractivity contribution in [2.45, 2.75) is 44.6 Å². The third kappa shape index (κ3) is 4.10. The average molecular weight is 228 g/mol. The van der Waals surface area contributed by atoms with Crippen LogP contribution in [0.1, 0.15) is 39.0 Å². The Morgan fingerprint density at radius 1 is 1.44 bits per heavy atom. The quantitative estimate of drug-likeness (QED) is 0.660. The average Bonchev–Trinajstić information content (AvgIpc) is 2.65. The maximum absolute atomic E-state index is 11.7. The van der Waals surface area contributed by atoms with E-state index in [0.29, 0.717) is 13.1 Å². The van der Waals surface area contributed by atoms with Gasteiger partial charge in [-0.1, -0.05) is 19.8 Å². The van der Waals surface area contributed by atoms with Crippen LogP contribution in [0.3, 0.4) is 0 Å². The molecule has 1 amide bonds. The summed E-state index contributed by atoms with van der Waals surface area (Å²) >= 11 is 0. The van der Waals surface area contributed by atoms with E-state index in [1.54, 1.807) is 11.9 Å². The highest BCUT2D eigenvalue weighted by Gasteiger charge is 2.33. The lowest BCUT2D eigenvalue weighted by Crippen LogP contribution is -2.45. The van der Waals surface area contributed by atoms with Crippen LogP contribution in [-0.2, 0) is 4.79 Å². The Balaban J connectivity index is 2.27. The van der Waals surface area contributed by atoms with E-state index in [9.17, 15) is 9.90 Å². The summed E-state index contributed by atoms with van der Waals surface area (Å²) in [5.41, 5.74) is -0.630. The maximum Gasteiger partial charge on any atom is 0.236 e. The standard InChI is InChI=1S/C12H24N2O2/c1-3-8-13-9-11(15)14(2)10-12(16)6-4-5-7-12/h13,16H,3-10H2,1-2H3. The van der Waals surface area contributed by atoms with Crippen LogP contribution in [0, 0.1) is 0 Å². The second-order valence-corrected chi connectivity index (χ2v) is 4.86. The van der Waals surface area contributed by atoms with Crippen molar-refractivity contribution in [3.8, 4) is 0 Å². The van der Waals surface area contributed by atoms with Crippen LogP contribution in [0.25, 0.3) is 0 Å². The van der Waals surface area contributed by atoms with E-state index in [1.807, 2.05) is 0 Å². The van der Waals surface area contributed by atoms with Crippen molar-refractivity contribution >= 4 is 5.91 Å². The fourth-order valence-electron chi connectivity index (χ4n) is 2.23. The fraction of sp³-hybridized carbons (Fsp3) is 0.917. The molecule has 0 atom stereocenters. The number of hydrogen-bond donors (Lipinski definition) is 2. The summed E-state index contributed by atoms with van der Waals surface area (Å²) in [5.74, 6) is 0.0637. The van der Waals surface area contributed by atoms with Crippen LogP contribution in [0.4, 0.5) is 0 Å². The van der Waals surface area contributed by atoms with E-state index in [1.165, 1.54) is 0 Å². The molecule has 0 heterocycles. The Hall–Kier alpha value is -0.610. The van der Waals surface area contributed by atoms with Crippen LogP contribution in [-0.4, -0.2) is 48.2 Å². The molecule has 1 rings (SSSR count). The van der Waals surface area contributed by atoms with Crippen molar-refractivity contribution in [3.05, 3.63) is 0 Å². The molecule has 4 heteroatoms. The molecule has 0 bridgehead atoms. The van der Waals surface area contributed by atoms with Gasteiger partial charge in [0.25, 0.3) is 0 Å². The largest absolute Gasteiger partial charge is 0.388 e. The lowest BCUT2D eigenvalue weighted by atomic mass is 10.0. The number of rotatable bonds is 6. The van der Waals surface area contributed by atoms with Gasteiger partial charge in [0.15, 0.2) is 0 Å². The first-order chi connectivity index (χ1) is 7.57. The van der Waals surface area contributed by atoms with Crippen molar-refractivity contribution in [1.29, 1.82) is 0 Å². The third-order valence-electron chi connectivity index (χ3n) is 3.19. The first-order valence-electron chi connectivity index (χ1n) is 6.24. The van der Waals surface area contributed by atoms with E-state index in [2.05, 4.69) is 12.2 Å². The molecule has 0 aromatic carbocycles. The van der Waals surface area contributed by atoms with Crippen molar-refractivity contribution < 1.29 is 9.90 Å². The molecule has 4 nitrogen and oxygen atoms in total. The Kier molecular flexibility index (Phi) is 5.22. The lowest BCUT2D eigenvalue weighted by molar-refractivity contribution is -0.132. The number of carbonyl (C=O) groups is 1. The minimum Gasteiger partial charge on any atom is -0.388 e. The second-order valence-electron chi connectivity index (χ2n) is 4.86. The molecular formula is C12H24N2O2. The van der Waals surface area contributed by atoms with Gasteiger partial charge in [0.1, 0.15) is 0 Å².